The molecule has 0 unspecified atom stereocenters. The molecule has 1 heterocycles. The van der Waals surface area contributed by atoms with Gasteiger partial charge in [-0.25, -0.2) is 0 Å². The van der Waals surface area contributed by atoms with Crippen molar-refractivity contribution in [2.45, 2.75) is 38.8 Å². The number of piperidine rings is 1. The maximum absolute atomic E-state index is 12.5. The highest BCUT2D eigenvalue weighted by Crippen LogP contribution is 2.34. The fourth-order valence-electron chi connectivity index (χ4n) is 3.92. The Balaban J connectivity index is 1.78. The van der Waals surface area contributed by atoms with Gasteiger partial charge in [0.2, 0.25) is 5.91 Å². The summed E-state index contributed by atoms with van der Waals surface area (Å²) in [5.41, 5.74) is 4.01. The number of nitrogens with zero attached hydrogens (tertiary/aromatic N) is 1. The van der Waals surface area contributed by atoms with E-state index < -0.39 is 0 Å². The van der Waals surface area contributed by atoms with Crippen molar-refractivity contribution in [3.8, 4) is 0 Å². The Hall–Kier alpha value is -2.39. The molecule has 1 aliphatic rings. The van der Waals surface area contributed by atoms with Gasteiger partial charge >= 0.3 is 0 Å². The molecule has 0 spiro atoms. The van der Waals surface area contributed by atoms with Gasteiger partial charge in [0, 0.05) is 25.7 Å². The lowest BCUT2D eigenvalue weighted by molar-refractivity contribution is -0.127. The summed E-state index contributed by atoms with van der Waals surface area (Å²) in [5.74, 6) is 0.188. The summed E-state index contributed by atoms with van der Waals surface area (Å²) in [6, 6.07) is 19.9. The van der Waals surface area contributed by atoms with E-state index in [2.05, 4.69) is 72.3 Å². The van der Waals surface area contributed by atoms with Crippen LogP contribution in [-0.2, 0) is 17.8 Å². The Bertz CT molecular complexity index is 739. The maximum Gasteiger partial charge on any atom is 0.224 e. The smallest absolute Gasteiger partial charge is 0.224 e. The summed E-state index contributed by atoms with van der Waals surface area (Å²) < 4.78 is 0. The van der Waals surface area contributed by atoms with Gasteiger partial charge in [-0.2, -0.15) is 0 Å². The normalized spacial score (nSPS) is 20.2. The Morgan fingerprint density at radius 3 is 2.52 bits per heavy atom. The molecule has 0 radical (unpaired) electrons. The zero-order chi connectivity index (χ0) is 19.1. The van der Waals surface area contributed by atoms with Crippen molar-refractivity contribution in [1.29, 1.82) is 0 Å². The fourth-order valence-corrected chi connectivity index (χ4v) is 3.92. The van der Waals surface area contributed by atoms with Crippen molar-refractivity contribution in [2.24, 2.45) is 5.92 Å². The minimum Gasteiger partial charge on any atom is -0.352 e. The van der Waals surface area contributed by atoms with Crippen LogP contribution >= 0.6 is 0 Å². The molecule has 2 aromatic carbocycles. The molecule has 1 N–H and O–H groups in total. The minimum absolute atomic E-state index is 0.0415. The number of benzene rings is 2. The van der Waals surface area contributed by atoms with Crippen LogP contribution in [0.2, 0.25) is 0 Å². The van der Waals surface area contributed by atoms with Crippen LogP contribution in [0.4, 0.5) is 0 Å². The van der Waals surface area contributed by atoms with Crippen LogP contribution in [0.25, 0.3) is 0 Å². The molecule has 0 aromatic heterocycles. The summed E-state index contributed by atoms with van der Waals surface area (Å²) >= 11 is 0. The second kappa shape index (κ2) is 9.52. The topological polar surface area (TPSA) is 32.3 Å². The highest BCUT2D eigenvalue weighted by atomic mass is 16.1. The molecule has 27 heavy (non-hydrogen) atoms. The van der Waals surface area contributed by atoms with Crippen LogP contribution in [0.3, 0.4) is 0 Å². The number of carbonyl (C=O) groups excluding carboxylic acids is 1. The zero-order valence-corrected chi connectivity index (χ0v) is 16.2. The van der Waals surface area contributed by atoms with Gasteiger partial charge in [-0.3, -0.25) is 9.69 Å². The van der Waals surface area contributed by atoms with Crippen molar-refractivity contribution in [1.82, 2.24) is 10.2 Å². The molecular formula is C24H30N2O. The van der Waals surface area contributed by atoms with Gasteiger partial charge in [0.25, 0.3) is 0 Å². The quantitative estimate of drug-likeness (QED) is 0.735. The Morgan fingerprint density at radius 2 is 1.85 bits per heavy atom. The van der Waals surface area contributed by atoms with Crippen LogP contribution in [0.5, 0.6) is 0 Å². The highest BCUT2D eigenvalue weighted by molar-refractivity contribution is 5.79. The lowest BCUT2D eigenvalue weighted by Gasteiger charge is -2.39. The highest BCUT2D eigenvalue weighted by Gasteiger charge is 2.32. The fraction of sp³-hybridized carbons (Fsp3) is 0.375. The number of rotatable bonds is 7. The summed E-state index contributed by atoms with van der Waals surface area (Å²) in [4.78, 5) is 15.0. The maximum atomic E-state index is 12.5. The number of amides is 1. The second-order valence-corrected chi connectivity index (χ2v) is 7.33. The molecular weight excluding hydrogens is 332 g/mol. The molecule has 3 nitrogen and oxygen atoms in total. The van der Waals surface area contributed by atoms with Crippen molar-refractivity contribution in [3.63, 3.8) is 0 Å². The number of likely N-dealkylation sites (tertiary alicyclic amines) is 1. The van der Waals surface area contributed by atoms with Crippen LogP contribution in [0.1, 0.15) is 42.5 Å². The average molecular weight is 363 g/mol. The Morgan fingerprint density at radius 1 is 1.11 bits per heavy atom. The van der Waals surface area contributed by atoms with E-state index in [-0.39, 0.29) is 11.8 Å². The molecule has 0 saturated carbocycles. The number of hydrogen-bond donors (Lipinski definition) is 1. The van der Waals surface area contributed by atoms with Gasteiger partial charge in [-0.1, -0.05) is 67.6 Å². The van der Waals surface area contributed by atoms with Crippen molar-refractivity contribution in [3.05, 3.63) is 83.9 Å². The lowest BCUT2D eigenvalue weighted by Crippen LogP contribution is -2.44. The Labute approximate surface area is 163 Å². The van der Waals surface area contributed by atoms with E-state index in [9.17, 15) is 4.79 Å². The Kier molecular flexibility index (Phi) is 6.83. The van der Waals surface area contributed by atoms with Crippen LogP contribution in [0.15, 0.2) is 67.3 Å². The molecule has 0 aliphatic carbocycles. The van der Waals surface area contributed by atoms with Gasteiger partial charge in [-0.05, 0) is 36.0 Å². The van der Waals surface area contributed by atoms with E-state index >= 15 is 0 Å². The first-order valence-corrected chi connectivity index (χ1v) is 9.96. The third-order valence-corrected chi connectivity index (χ3v) is 5.48. The van der Waals surface area contributed by atoms with Gasteiger partial charge in [-0.15, -0.1) is 6.58 Å². The zero-order valence-electron chi connectivity index (χ0n) is 16.2. The lowest BCUT2D eigenvalue weighted by atomic mass is 9.87. The first-order chi connectivity index (χ1) is 13.2. The number of aryl methyl sites for hydroxylation is 1. The predicted molar refractivity (Wildman–Crippen MR) is 111 cm³/mol. The third-order valence-electron chi connectivity index (χ3n) is 5.48. The van der Waals surface area contributed by atoms with E-state index in [0.717, 1.165) is 32.4 Å². The van der Waals surface area contributed by atoms with Crippen molar-refractivity contribution >= 4 is 5.91 Å². The number of carbonyl (C=O) groups is 1. The molecule has 1 aliphatic heterocycles. The summed E-state index contributed by atoms with van der Waals surface area (Å²) in [7, 11) is 0. The summed E-state index contributed by atoms with van der Waals surface area (Å²) in [5, 5.41) is 2.97. The molecule has 3 rings (SSSR count). The largest absolute Gasteiger partial charge is 0.352 e. The number of hydrogen-bond acceptors (Lipinski definition) is 2. The molecule has 2 aromatic rings. The van der Waals surface area contributed by atoms with Crippen LogP contribution in [0, 0.1) is 5.92 Å². The van der Waals surface area contributed by atoms with Gasteiger partial charge in [0.1, 0.15) is 0 Å². The van der Waals surface area contributed by atoms with E-state index in [1.54, 1.807) is 6.08 Å². The van der Waals surface area contributed by atoms with E-state index in [1.165, 1.54) is 16.7 Å². The predicted octanol–water partition coefficient (Wildman–Crippen LogP) is 4.50. The third kappa shape index (κ3) is 5.08. The first kappa shape index (κ1) is 19.4. The van der Waals surface area contributed by atoms with E-state index in [1.807, 2.05) is 6.07 Å². The summed E-state index contributed by atoms with van der Waals surface area (Å²) in [6.45, 7) is 8.07. The minimum atomic E-state index is 0.0415. The molecule has 142 valence electrons. The molecule has 0 bridgehead atoms. The standard InChI is InChI=1S/C24H30N2O/c1-3-16-25-24(27)22-14-15-23(21-12-10-19(4-2)11-13-21)26(18-22)17-20-8-6-5-7-9-20/h3,5-13,22-23H,1,4,14-18H2,2H3,(H,25,27)/t22-,23-/m0/s1. The van der Waals surface area contributed by atoms with E-state index in [4.69, 9.17) is 0 Å². The van der Waals surface area contributed by atoms with Crippen molar-refractivity contribution < 1.29 is 4.79 Å². The molecule has 1 fully saturated rings. The number of nitrogens with one attached hydrogen (secondary N) is 1. The molecule has 1 amide bonds. The molecule has 2 atom stereocenters. The van der Waals surface area contributed by atoms with Gasteiger partial charge in [0.15, 0.2) is 0 Å². The molecule has 3 heteroatoms. The monoisotopic (exact) mass is 362 g/mol. The van der Waals surface area contributed by atoms with Crippen molar-refractivity contribution in [2.75, 3.05) is 13.1 Å². The average Bonchev–Trinajstić information content (AvgIpc) is 2.73. The molecule has 1 saturated heterocycles. The SMILES string of the molecule is C=CCNC(=O)[C@H]1CC[C@@H](c2ccc(CC)cc2)N(Cc2ccccc2)C1. The summed E-state index contributed by atoms with van der Waals surface area (Å²) in [6.07, 6.45) is 4.73. The first-order valence-electron chi connectivity index (χ1n) is 9.96. The van der Waals surface area contributed by atoms with Gasteiger partial charge < -0.3 is 5.32 Å². The van der Waals surface area contributed by atoms with E-state index in [0.29, 0.717) is 12.6 Å². The second-order valence-electron chi connectivity index (χ2n) is 7.33. The van der Waals surface area contributed by atoms with Crippen LogP contribution < -0.4 is 5.32 Å². The van der Waals surface area contributed by atoms with Gasteiger partial charge in [0.05, 0.1) is 5.92 Å². The van der Waals surface area contributed by atoms with Crippen LogP contribution in [-0.4, -0.2) is 23.9 Å².